The highest BCUT2D eigenvalue weighted by molar-refractivity contribution is 5.76. The first-order valence-electron chi connectivity index (χ1n) is 40.1. The van der Waals surface area contributed by atoms with E-state index in [1.54, 1.807) is 6.08 Å². The highest BCUT2D eigenvalue weighted by Crippen LogP contribution is 2.20. The normalized spacial score (nSPS) is 12.6. The summed E-state index contributed by atoms with van der Waals surface area (Å²) in [4.78, 5) is 24.6. The van der Waals surface area contributed by atoms with Crippen LogP contribution in [0.1, 0.15) is 457 Å². The van der Waals surface area contributed by atoms with Gasteiger partial charge in [0.1, 0.15) is 0 Å². The third-order valence-electron chi connectivity index (χ3n) is 19.0. The molecule has 2 atom stereocenters. The second-order valence-electron chi connectivity index (χ2n) is 27.8. The Hall–Kier alpha value is -1.66. The molecule has 2 unspecified atom stereocenters. The van der Waals surface area contributed by atoms with Gasteiger partial charge in [-0.2, -0.15) is 0 Å². The molecule has 0 radical (unpaired) electrons. The lowest BCUT2D eigenvalue weighted by molar-refractivity contribution is -0.143. The van der Waals surface area contributed by atoms with Crippen molar-refractivity contribution in [3.05, 3.63) is 24.3 Å². The lowest BCUT2D eigenvalue weighted by Crippen LogP contribution is -2.45. The number of unbranched alkanes of at least 4 members (excludes halogenated alkanes) is 63. The number of hydrogen-bond donors (Lipinski definition) is 3. The van der Waals surface area contributed by atoms with Gasteiger partial charge >= 0.3 is 5.97 Å². The smallest absolute Gasteiger partial charge is 0.305 e. The van der Waals surface area contributed by atoms with Gasteiger partial charge in [0, 0.05) is 12.8 Å². The van der Waals surface area contributed by atoms with Crippen molar-refractivity contribution in [2.75, 3.05) is 13.2 Å². The van der Waals surface area contributed by atoms with Gasteiger partial charge in [-0.1, -0.05) is 411 Å². The number of hydrogen-bond acceptors (Lipinski definition) is 5. The Kier molecular flexibility index (Phi) is 75.3. The third-order valence-corrected chi connectivity index (χ3v) is 19.0. The number of ether oxygens (including phenoxy) is 1. The maximum atomic E-state index is 12.5. The number of aliphatic hydroxyl groups is 2. The van der Waals surface area contributed by atoms with E-state index in [1.165, 1.54) is 392 Å². The van der Waals surface area contributed by atoms with Crippen LogP contribution in [0.3, 0.4) is 0 Å². The zero-order valence-corrected chi connectivity index (χ0v) is 59.3. The van der Waals surface area contributed by atoms with E-state index in [-0.39, 0.29) is 18.5 Å². The van der Waals surface area contributed by atoms with Crippen molar-refractivity contribution < 1.29 is 24.5 Å². The maximum absolute atomic E-state index is 12.5. The highest BCUT2D eigenvalue weighted by atomic mass is 16.5. The number of rotatable bonds is 76. The molecule has 0 rings (SSSR count). The minimum atomic E-state index is -0.840. The Balaban J connectivity index is 3.30. The number of allylic oxidation sites excluding steroid dienone is 3. The SMILES string of the molecule is CCCCCCCC/C=C\CCCCCCCCCC(=O)OCCCCCCCCCCCCCCCCCCCCCCCCCCCCCCCCCCCCCCCC(=O)NC(CO)C(O)/C=C/CCCCCCCCCCCCCCCC. The standard InChI is InChI=1S/C81H157NO5/c1-3-5-7-9-11-13-15-17-19-42-47-51-55-59-63-67-71-75-81(86)87-76-72-68-64-60-56-52-48-44-41-39-37-35-33-31-29-27-25-23-21-22-24-26-28-30-32-34-36-38-40-43-46-50-54-58-62-66-70-74-80(85)82-78(77-83)79(84)73-69-65-61-57-53-49-45-20-18-16-14-12-10-8-6-4-2/h17,19,69,73,78-79,83-84H,3-16,18,20-68,70-72,74-77H2,1-2H3,(H,82,85)/b19-17-,73-69+. The quantitative estimate of drug-likeness (QED) is 0.0320. The van der Waals surface area contributed by atoms with E-state index in [4.69, 9.17) is 4.74 Å². The average molecular weight is 1230 g/mol. The summed E-state index contributed by atoms with van der Waals surface area (Å²) in [6.45, 7) is 4.95. The molecule has 0 saturated heterocycles. The van der Waals surface area contributed by atoms with Crippen LogP contribution in [0.5, 0.6) is 0 Å². The van der Waals surface area contributed by atoms with Crippen LogP contribution in [0, 0.1) is 0 Å². The fourth-order valence-electron chi connectivity index (χ4n) is 12.9. The second-order valence-corrected chi connectivity index (χ2v) is 27.8. The molecule has 0 aromatic heterocycles. The molecule has 0 aliphatic rings. The monoisotopic (exact) mass is 1220 g/mol. The first-order chi connectivity index (χ1) is 43.0. The van der Waals surface area contributed by atoms with Crippen LogP contribution in [0.25, 0.3) is 0 Å². The van der Waals surface area contributed by atoms with Crippen molar-refractivity contribution >= 4 is 11.9 Å². The van der Waals surface area contributed by atoms with E-state index in [9.17, 15) is 19.8 Å². The van der Waals surface area contributed by atoms with Gasteiger partial charge in [0.05, 0.1) is 25.4 Å². The summed E-state index contributed by atoms with van der Waals surface area (Å²) in [6.07, 6.45) is 98.9. The van der Waals surface area contributed by atoms with E-state index in [2.05, 4.69) is 31.3 Å². The molecule has 1 amide bonds. The summed E-state index contributed by atoms with van der Waals surface area (Å²) in [5.74, 6) is -0.0380. The number of esters is 1. The Morgan fingerprint density at radius 1 is 0.310 bits per heavy atom. The predicted octanol–water partition coefficient (Wildman–Crippen LogP) is 26.4. The van der Waals surface area contributed by atoms with Crippen LogP contribution < -0.4 is 5.32 Å². The van der Waals surface area contributed by atoms with Gasteiger partial charge in [0.15, 0.2) is 0 Å². The maximum Gasteiger partial charge on any atom is 0.305 e. The van der Waals surface area contributed by atoms with E-state index in [0.29, 0.717) is 19.4 Å². The van der Waals surface area contributed by atoms with Crippen LogP contribution in [0.15, 0.2) is 24.3 Å². The van der Waals surface area contributed by atoms with Gasteiger partial charge < -0.3 is 20.3 Å². The van der Waals surface area contributed by atoms with Crippen molar-refractivity contribution in [2.24, 2.45) is 0 Å². The Morgan fingerprint density at radius 2 is 0.540 bits per heavy atom. The highest BCUT2D eigenvalue weighted by Gasteiger charge is 2.18. The zero-order chi connectivity index (χ0) is 62.8. The van der Waals surface area contributed by atoms with Gasteiger partial charge in [-0.3, -0.25) is 9.59 Å². The van der Waals surface area contributed by atoms with Crippen molar-refractivity contribution in [1.29, 1.82) is 0 Å². The minimum absolute atomic E-state index is 0.0208. The molecule has 0 fully saturated rings. The molecule has 516 valence electrons. The van der Waals surface area contributed by atoms with Crippen molar-refractivity contribution in [1.82, 2.24) is 5.32 Å². The molecule has 0 saturated carbocycles. The second kappa shape index (κ2) is 76.8. The van der Waals surface area contributed by atoms with Crippen LogP contribution in [-0.2, 0) is 14.3 Å². The average Bonchev–Trinajstić information content (AvgIpc) is 3.52. The summed E-state index contributed by atoms with van der Waals surface area (Å²) in [5, 5.41) is 23.2. The van der Waals surface area contributed by atoms with Gasteiger partial charge in [0.25, 0.3) is 0 Å². The van der Waals surface area contributed by atoms with Gasteiger partial charge in [-0.05, 0) is 57.8 Å². The fourth-order valence-corrected chi connectivity index (χ4v) is 12.9. The molecule has 6 nitrogen and oxygen atoms in total. The van der Waals surface area contributed by atoms with Gasteiger partial charge in [0.2, 0.25) is 5.91 Å². The largest absolute Gasteiger partial charge is 0.466 e. The zero-order valence-electron chi connectivity index (χ0n) is 59.3. The van der Waals surface area contributed by atoms with E-state index in [1.807, 2.05) is 6.08 Å². The molecular formula is C81H157NO5. The summed E-state index contributed by atoms with van der Waals surface area (Å²) >= 11 is 0. The fraction of sp³-hybridized carbons (Fsp3) is 0.926. The summed E-state index contributed by atoms with van der Waals surface area (Å²) in [5.41, 5.74) is 0. The first-order valence-corrected chi connectivity index (χ1v) is 40.1. The molecule has 87 heavy (non-hydrogen) atoms. The Morgan fingerprint density at radius 3 is 0.816 bits per heavy atom. The molecule has 0 aliphatic heterocycles. The summed E-state index contributed by atoms with van der Waals surface area (Å²) in [7, 11) is 0. The summed E-state index contributed by atoms with van der Waals surface area (Å²) in [6, 6.07) is -0.623. The van der Waals surface area contributed by atoms with E-state index in [0.717, 1.165) is 38.5 Å². The third kappa shape index (κ3) is 73.3. The molecule has 0 heterocycles. The van der Waals surface area contributed by atoms with Crippen LogP contribution in [-0.4, -0.2) is 47.4 Å². The molecule has 0 aliphatic carbocycles. The topological polar surface area (TPSA) is 95.9 Å². The predicted molar refractivity (Wildman–Crippen MR) is 384 cm³/mol. The van der Waals surface area contributed by atoms with Gasteiger partial charge in [-0.15, -0.1) is 0 Å². The molecule has 0 aromatic carbocycles. The minimum Gasteiger partial charge on any atom is -0.466 e. The van der Waals surface area contributed by atoms with Crippen molar-refractivity contribution in [2.45, 2.75) is 469 Å². The van der Waals surface area contributed by atoms with Crippen LogP contribution >= 0.6 is 0 Å². The van der Waals surface area contributed by atoms with Crippen LogP contribution in [0.2, 0.25) is 0 Å². The number of amides is 1. The number of nitrogens with one attached hydrogen (secondary N) is 1. The van der Waals surface area contributed by atoms with Crippen LogP contribution in [0.4, 0.5) is 0 Å². The number of carbonyl (C=O) groups is 2. The van der Waals surface area contributed by atoms with E-state index >= 15 is 0 Å². The Bertz CT molecular complexity index is 1360. The van der Waals surface area contributed by atoms with Gasteiger partial charge in [-0.25, -0.2) is 0 Å². The first kappa shape index (κ1) is 85.3. The molecule has 0 aromatic rings. The summed E-state index contributed by atoms with van der Waals surface area (Å²) < 4.78 is 5.51. The van der Waals surface area contributed by atoms with E-state index < -0.39 is 12.1 Å². The molecule has 3 N–H and O–H groups in total. The molecular weight excluding hydrogens is 1070 g/mol. The van der Waals surface area contributed by atoms with Crippen molar-refractivity contribution in [3.8, 4) is 0 Å². The lowest BCUT2D eigenvalue weighted by atomic mass is 10.0. The molecule has 6 heteroatoms. The molecule has 0 bridgehead atoms. The lowest BCUT2D eigenvalue weighted by Gasteiger charge is -2.20. The number of aliphatic hydroxyl groups excluding tert-OH is 2. The van der Waals surface area contributed by atoms with Crippen molar-refractivity contribution in [3.63, 3.8) is 0 Å². The Labute approximate surface area is 545 Å². The number of carbonyl (C=O) groups excluding carboxylic acids is 2. The molecule has 0 spiro atoms.